The van der Waals surface area contributed by atoms with Gasteiger partial charge in [-0.1, -0.05) is 45.0 Å². The number of rotatable bonds is 5. The van der Waals surface area contributed by atoms with Gasteiger partial charge in [-0.25, -0.2) is 0 Å². The summed E-state index contributed by atoms with van der Waals surface area (Å²) < 4.78 is 0. The van der Waals surface area contributed by atoms with Crippen molar-refractivity contribution in [3.63, 3.8) is 0 Å². The van der Waals surface area contributed by atoms with Gasteiger partial charge in [-0.3, -0.25) is 14.5 Å². The molecule has 0 spiro atoms. The van der Waals surface area contributed by atoms with E-state index in [2.05, 4.69) is 31.3 Å². The highest BCUT2D eigenvalue weighted by atomic mass is 32.2. The van der Waals surface area contributed by atoms with Crippen LogP contribution in [0.2, 0.25) is 0 Å². The normalized spacial score (nSPS) is 17.0. The summed E-state index contributed by atoms with van der Waals surface area (Å²) in [5.74, 6) is 1.07. The maximum atomic E-state index is 12.5. The minimum absolute atomic E-state index is 0.00459. The molecule has 5 heteroatoms. The Morgan fingerprint density at radius 2 is 1.81 bits per heavy atom. The molecule has 1 unspecified atom stereocenters. The largest absolute Gasteiger partial charge is 0.326 e. The molecule has 1 aliphatic heterocycles. The molecule has 4 nitrogen and oxygen atoms in total. The number of carbonyl (C=O) groups is 2. The van der Waals surface area contributed by atoms with E-state index in [4.69, 9.17) is 0 Å². The van der Waals surface area contributed by atoms with E-state index in [1.54, 1.807) is 11.8 Å². The number of carbonyl (C=O) groups excluding carboxylic acids is 2. The first-order valence-electron chi connectivity index (χ1n) is 8.93. The van der Waals surface area contributed by atoms with Gasteiger partial charge in [-0.05, 0) is 41.3 Å². The van der Waals surface area contributed by atoms with Gasteiger partial charge in [0, 0.05) is 17.8 Å². The fourth-order valence-electron chi connectivity index (χ4n) is 2.95. The third-order valence-electron chi connectivity index (χ3n) is 4.51. The van der Waals surface area contributed by atoms with Gasteiger partial charge >= 0.3 is 0 Å². The number of nitrogens with one attached hydrogen (secondary N) is 1. The number of anilines is 2. The van der Waals surface area contributed by atoms with Gasteiger partial charge in [0.15, 0.2) is 0 Å². The van der Waals surface area contributed by atoms with E-state index in [0.717, 1.165) is 16.9 Å². The van der Waals surface area contributed by atoms with Crippen LogP contribution in [0.25, 0.3) is 0 Å². The summed E-state index contributed by atoms with van der Waals surface area (Å²) >= 11 is 1.63. The van der Waals surface area contributed by atoms with E-state index >= 15 is 0 Å². The molecule has 26 heavy (non-hydrogen) atoms. The quantitative estimate of drug-likeness (QED) is 0.813. The molecule has 3 rings (SSSR count). The lowest BCUT2D eigenvalue weighted by Crippen LogP contribution is -2.27. The van der Waals surface area contributed by atoms with Crippen molar-refractivity contribution in [2.45, 2.75) is 38.5 Å². The van der Waals surface area contributed by atoms with Crippen molar-refractivity contribution in [1.29, 1.82) is 0 Å². The Hall–Kier alpha value is -2.27. The molecule has 2 aromatic rings. The van der Waals surface area contributed by atoms with Gasteiger partial charge in [-0.2, -0.15) is 0 Å². The molecule has 1 fully saturated rings. The second-order valence-electron chi connectivity index (χ2n) is 6.70. The number of hydrogen-bond donors (Lipinski definition) is 1. The molecule has 0 saturated carbocycles. The summed E-state index contributed by atoms with van der Waals surface area (Å²) in [4.78, 5) is 25.9. The van der Waals surface area contributed by atoms with Gasteiger partial charge in [0.1, 0.15) is 5.37 Å². The van der Waals surface area contributed by atoms with Crippen molar-refractivity contribution in [3.8, 4) is 0 Å². The number of amides is 2. The summed E-state index contributed by atoms with van der Waals surface area (Å²) in [6.07, 6.45) is 0.453. The number of benzene rings is 2. The Labute approximate surface area is 159 Å². The Bertz CT molecular complexity index is 785. The molecular formula is C21H24N2O2S. The first-order valence-corrected chi connectivity index (χ1v) is 9.98. The number of nitrogens with zero attached hydrogens (tertiary/aromatic N) is 1. The van der Waals surface area contributed by atoms with Crippen LogP contribution in [-0.4, -0.2) is 17.6 Å². The predicted molar refractivity (Wildman–Crippen MR) is 109 cm³/mol. The molecule has 1 N–H and O–H groups in total. The van der Waals surface area contributed by atoms with Crippen molar-refractivity contribution in [2.24, 2.45) is 0 Å². The Morgan fingerprint density at radius 3 is 2.38 bits per heavy atom. The standard InChI is InChI=1S/C21H24N2O2S/c1-4-19(24)22-17-9-5-16(6-10-17)21-23(20(25)13-26-21)18-11-7-15(8-12-18)14(2)3/h5-12,14,21H,4,13H2,1-3H3,(H,22,24). The Kier molecular flexibility index (Phi) is 5.67. The van der Waals surface area contributed by atoms with E-state index in [1.165, 1.54) is 5.56 Å². The molecular weight excluding hydrogens is 344 g/mol. The molecule has 2 aromatic carbocycles. The summed E-state index contributed by atoms with van der Waals surface area (Å²) in [6.45, 7) is 6.15. The fourth-order valence-corrected chi connectivity index (χ4v) is 4.13. The van der Waals surface area contributed by atoms with Crippen LogP contribution in [0, 0.1) is 0 Å². The van der Waals surface area contributed by atoms with Crippen LogP contribution in [0.15, 0.2) is 48.5 Å². The van der Waals surface area contributed by atoms with Gasteiger partial charge in [0.25, 0.3) is 0 Å². The van der Waals surface area contributed by atoms with Gasteiger partial charge < -0.3 is 5.32 Å². The van der Waals surface area contributed by atoms with Crippen molar-refractivity contribution in [2.75, 3.05) is 16.0 Å². The summed E-state index contributed by atoms with van der Waals surface area (Å²) in [7, 11) is 0. The third-order valence-corrected chi connectivity index (χ3v) is 5.72. The van der Waals surface area contributed by atoms with Gasteiger partial charge in [0.2, 0.25) is 11.8 Å². The first kappa shape index (κ1) is 18.5. The zero-order valence-electron chi connectivity index (χ0n) is 15.4. The lowest BCUT2D eigenvalue weighted by molar-refractivity contribution is -0.116. The van der Waals surface area contributed by atoms with Crippen LogP contribution in [-0.2, 0) is 9.59 Å². The Balaban J connectivity index is 1.82. The van der Waals surface area contributed by atoms with Crippen molar-refractivity contribution in [3.05, 3.63) is 59.7 Å². The highest BCUT2D eigenvalue weighted by Gasteiger charge is 2.34. The molecule has 0 aromatic heterocycles. The lowest BCUT2D eigenvalue weighted by atomic mass is 10.0. The Morgan fingerprint density at radius 1 is 1.15 bits per heavy atom. The van der Waals surface area contributed by atoms with Crippen molar-refractivity contribution >= 4 is 35.0 Å². The molecule has 0 bridgehead atoms. The van der Waals surface area contributed by atoms with Crippen LogP contribution < -0.4 is 10.2 Å². The van der Waals surface area contributed by atoms with E-state index < -0.39 is 0 Å². The zero-order chi connectivity index (χ0) is 18.7. The van der Waals surface area contributed by atoms with Crippen LogP contribution in [0.3, 0.4) is 0 Å². The molecule has 0 radical (unpaired) electrons. The van der Waals surface area contributed by atoms with E-state index in [-0.39, 0.29) is 17.2 Å². The molecule has 1 atom stereocenters. The topological polar surface area (TPSA) is 49.4 Å². The predicted octanol–water partition coefficient (Wildman–Crippen LogP) is 4.94. The summed E-state index contributed by atoms with van der Waals surface area (Å²) in [6, 6.07) is 16.0. The second-order valence-corrected chi connectivity index (χ2v) is 7.77. The molecule has 136 valence electrons. The van der Waals surface area contributed by atoms with Crippen LogP contribution in [0.5, 0.6) is 0 Å². The van der Waals surface area contributed by atoms with Crippen LogP contribution in [0.1, 0.15) is 49.6 Å². The third kappa shape index (κ3) is 3.93. The summed E-state index contributed by atoms with van der Waals surface area (Å²) in [5.41, 5.74) is 4.03. The molecule has 1 heterocycles. The van der Waals surface area contributed by atoms with Crippen LogP contribution >= 0.6 is 11.8 Å². The zero-order valence-corrected chi connectivity index (χ0v) is 16.2. The lowest BCUT2D eigenvalue weighted by Gasteiger charge is -2.25. The van der Waals surface area contributed by atoms with Crippen molar-refractivity contribution in [1.82, 2.24) is 0 Å². The molecule has 2 amide bonds. The van der Waals surface area contributed by atoms with Gasteiger partial charge in [-0.15, -0.1) is 11.8 Å². The number of hydrogen-bond acceptors (Lipinski definition) is 3. The molecule has 1 saturated heterocycles. The minimum atomic E-state index is -0.0386. The second kappa shape index (κ2) is 7.96. The average Bonchev–Trinajstić information content (AvgIpc) is 3.03. The van der Waals surface area contributed by atoms with Crippen LogP contribution in [0.4, 0.5) is 11.4 Å². The maximum Gasteiger partial charge on any atom is 0.238 e. The van der Waals surface area contributed by atoms with E-state index in [9.17, 15) is 9.59 Å². The number of thioether (sulfide) groups is 1. The SMILES string of the molecule is CCC(=O)Nc1ccc(C2SCC(=O)N2c2ccc(C(C)C)cc2)cc1. The van der Waals surface area contributed by atoms with E-state index in [0.29, 0.717) is 18.1 Å². The summed E-state index contributed by atoms with van der Waals surface area (Å²) in [5, 5.41) is 2.81. The smallest absolute Gasteiger partial charge is 0.238 e. The fraction of sp³-hybridized carbons (Fsp3) is 0.333. The highest BCUT2D eigenvalue weighted by molar-refractivity contribution is 8.00. The van der Waals surface area contributed by atoms with Gasteiger partial charge in [0.05, 0.1) is 5.75 Å². The van der Waals surface area contributed by atoms with Crippen molar-refractivity contribution < 1.29 is 9.59 Å². The highest BCUT2D eigenvalue weighted by Crippen LogP contribution is 2.42. The average molecular weight is 369 g/mol. The minimum Gasteiger partial charge on any atom is -0.326 e. The molecule has 1 aliphatic rings. The monoisotopic (exact) mass is 368 g/mol. The molecule has 0 aliphatic carbocycles. The van der Waals surface area contributed by atoms with E-state index in [1.807, 2.05) is 48.2 Å². The maximum absolute atomic E-state index is 12.5. The first-order chi connectivity index (χ1) is 12.5.